The summed E-state index contributed by atoms with van der Waals surface area (Å²) in [6.07, 6.45) is 3.50. The molecule has 2 aromatic rings. The highest BCUT2D eigenvalue weighted by Gasteiger charge is 2.08. The quantitative estimate of drug-likeness (QED) is 0.754. The fourth-order valence-electron chi connectivity index (χ4n) is 1.99. The third-order valence-electron chi connectivity index (χ3n) is 3.13. The van der Waals surface area contributed by atoms with E-state index in [0.29, 0.717) is 13.1 Å². The first kappa shape index (κ1) is 14.1. The van der Waals surface area contributed by atoms with Gasteiger partial charge in [0.05, 0.1) is 0 Å². The molecule has 0 saturated carbocycles. The van der Waals surface area contributed by atoms with Crippen molar-refractivity contribution in [1.29, 1.82) is 0 Å². The van der Waals surface area contributed by atoms with E-state index in [0.717, 1.165) is 11.1 Å². The maximum Gasteiger partial charge on any atom is 0.246 e. The average molecular weight is 265 g/mol. The molecule has 0 radical (unpaired) electrons. The van der Waals surface area contributed by atoms with Crippen LogP contribution in [0.2, 0.25) is 0 Å². The molecule has 20 heavy (non-hydrogen) atoms. The van der Waals surface area contributed by atoms with Gasteiger partial charge in [0, 0.05) is 19.2 Å². The van der Waals surface area contributed by atoms with Gasteiger partial charge in [0.25, 0.3) is 0 Å². The van der Waals surface area contributed by atoms with E-state index in [1.54, 1.807) is 6.08 Å². The van der Waals surface area contributed by atoms with Crippen molar-refractivity contribution in [2.24, 2.45) is 0 Å². The second kappa shape index (κ2) is 7.29. The molecule has 0 saturated heterocycles. The molecule has 0 aliphatic heterocycles. The van der Waals surface area contributed by atoms with Crippen LogP contribution in [0.15, 0.2) is 66.7 Å². The zero-order valence-corrected chi connectivity index (χ0v) is 11.7. The number of hydrogen-bond acceptors (Lipinski definition) is 1. The molecule has 0 aliphatic rings. The van der Waals surface area contributed by atoms with Crippen LogP contribution in [0.4, 0.5) is 0 Å². The Balaban J connectivity index is 2.01. The number of amides is 1. The highest BCUT2D eigenvalue weighted by atomic mass is 16.2. The lowest BCUT2D eigenvalue weighted by Gasteiger charge is -2.19. The summed E-state index contributed by atoms with van der Waals surface area (Å²) >= 11 is 0. The number of nitrogens with zero attached hydrogens (tertiary/aromatic N) is 1. The van der Waals surface area contributed by atoms with E-state index < -0.39 is 0 Å². The standard InChI is InChI=1S/C18H19NO/c1-2-19(15-17-11-7-4-8-12-17)18(20)14-13-16-9-5-3-6-10-16/h3-14H,2,15H2,1H3. The molecule has 1 amide bonds. The largest absolute Gasteiger partial charge is 0.335 e. The molecule has 0 fully saturated rings. The molecule has 0 N–H and O–H groups in total. The molecule has 2 aromatic carbocycles. The van der Waals surface area contributed by atoms with Crippen LogP contribution in [0.3, 0.4) is 0 Å². The molecule has 0 aliphatic carbocycles. The van der Waals surface area contributed by atoms with Gasteiger partial charge in [-0.15, -0.1) is 0 Å². The Kier molecular flexibility index (Phi) is 5.13. The molecular weight excluding hydrogens is 246 g/mol. The van der Waals surface area contributed by atoms with Crippen molar-refractivity contribution >= 4 is 12.0 Å². The molecule has 2 nitrogen and oxygen atoms in total. The summed E-state index contributed by atoms with van der Waals surface area (Å²) < 4.78 is 0. The van der Waals surface area contributed by atoms with Crippen LogP contribution in [0.1, 0.15) is 18.1 Å². The number of carbonyl (C=O) groups is 1. The number of rotatable bonds is 5. The summed E-state index contributed by atoms with van der Waals surface area (Å²) in [6.45, 7) is 3.35. The Bertz CT molecular complexity index is 560. The Hall–Kier alpha value is -2.35. The molecule has 102 valence electrons. The minimum absolute atomic E-state index is 0.0419. The van der Waals surface area contributed by atoms with Gasteiger partial charge in [0.2, 0.25) is 5.91 Å². The Labute approximate surface area is 120 Å². The van der Waals surface area contributed by atoms with Gasteiger partial charge < -0.3 is 4.90 Å². The van der Waals surface area contributed by atoms with Crippen molar-refractivity contribution in [2.75, 3.05) is 6.54 Å². The monoisotopic (exact) mass is 265 g/mol. The molecule has 0 heterocycles. The first-order valence-corrected chi connectivity index (χ1v) is 6.85. The minimum Gasteiger partial charge on any atom is -0.335 e. The van der Waals surface area contributed by atoms with Crippen LogP contribution in [-0.2, 0) is 11.3 Å². The SMILES string of the molecule is CCN(Cc1ccccc1)C(=O)C=Cc1ccccc1. The van der Waals surface area contributed by atoms with E-state index in [9.17, 15) is 4.79 Å². The second-order valence-electron chi connectivity index (χ2n) is 4.58. The van der Waals surface area contributed by atoms with Crippen molar-refractivity contribution < 1.29 is 4.79 Å². The molecule has 0 aromatic heterocycles. The fraction of sp³-hybridized carbons (Fsp3) is 0.167. The zero-order chi connectivity index (χ0) is 14.2. The molecule has 2 heteroatoms. The topological polar surface area (TPSA) is 20.3 Å². The van der Waals surface area contributed by atoms with E-state index in [4.69, 9.17) is 0 Å². The van der Waals surface area contributed by atoms with E-state index in [2.05, 4.69) is 0 Å². The highest BCUT2D eigenvalue weighted by Crippen LogP contribution is 2.06. The normalized spacial score (nSPS) is 10.7. The van der Waals surface area contributed by atoms with Crippen molar-refractivity contribution in [3.8, 4) is 0 Å². The number of likely N-dealkylation sites (N-methyl/N-ethyl adjacent to an activating group) is 1. The predicted molar refractivity (Wildman–Crippen MR) is 83.0 cm³/mol. The molecular formula is C18H19NO. The van der Waals surface area contributed by atoms with E-state index in [1.807, 2.05) is 78.6 Å². The fourth-order valence-corrected chi connectivity index (χ4v) is 1.99. The number of hydrogen-bond donors (Lipinski definition) is 0. The molecule has 0 atom stereocenters. The lowest BCUT2D eigenvalue weighted by Crippen LogP contribution is -2.28. The predicted octanol–water partition coefficient (Wildman–Crippen LogP) is 3.75. The van der Waals surface area contributed by atoms with Gasteiger partial charge in [-0.25, -0.2) is 0 Å². The van der Waals surface area contributed by atoms with Crippen LogP contribution < -0.4 is 0 Å². The summed E-state index contributed by atoms with van der Waals surface area (Å²) in [5, 5.41) is 0. The highest BCUT2D eigenvalue weighted by molar-refractivity contribution is 5.91. The smallest absolute Gasteiger partial charge is 0.246 e. The van der Waals surface area contributed by atoms with Gasteiger partial charge in [-0.2, -0.15) is 0 Å². The summed E-state index contributed by atoms with van der Waals surface area (Å²) in [6, 6.07) is 19.9. The van der Waals surface area contributed by atoms with Crippen molar-refractivity contribution in [3.63, 3.8) is 0 Å². The molecule has 0 bridgehead atoms. The lowest BCUT2D eigenvalue weighted by molar-refractivity contribution is -0.126. The van der Waals surface area contributed by atoms with Crippen LogP contribution in [0.5, 0.6) is 0 Å². The van der Waals surface area contributed by atoms with Gasteiger partial charge >= 0.3 is 0 Å². The summed E-state index contributed by atoms with van der Waals surface area (Å²) in [5.74, 6) is 0.0419. The minimum atomic E-state index is 0.0419. The summed E-state index contributed by atoms with van der Waals surface area (Å²) in [5.41, 5.74) is 2.19. The average Bonchev–Trinajstić information content (AvgIpc) is 2.52. The Morgan fingerprint density at radius 3 is 2.20 bits per heavy atom. The van der Waals surface area contributed by atoms with Crippen molar-refractivity contribution in [2.45, 2.75) is 13.5 Å². The second-order valence-corrected chi connectivity index (χ2v) is 4.58. The van der Waals surface area contributed by atoms with Crippen LogP contribution in [0, 0.1) is 0 Å². The van der Waals surface area contributed by atoms with Crippen LogP contribution in [0.25, 0.3) is 6.08 Å². The van der Waals surface area contributed by atoms with Crippen LogP contribution >= 0.6 is 0 Å². The number of carbonyl (C=O) groups excluding carboxylic acids is 1. The third kappa shape index (κ3) is 4.09. The maximum absolute atomic E-state index is 12.2. The van der Waals surface area contributed by atoms with E-state index in [1.165, 1.54) is 0 Å². The zero-order valence-electron chi connectivity index (χ0n) is 11.7. The summed E-state index contributed by atoms with van der Waals surface area (Å²) in [4.78, 5) is 14.0. The number of benzene rings is 2. The van der Waals surface area contributed by atoms with Crippen molar-refractivity contribution in [3.05, 3.63) is 77.9 Å². The Morgan fingerprint density at radius 1 is 1.00 bits per heavy atom. The van der Waals surface area contributed by atoms with E-state index >= 15 is 0 Å². The van der Waals surface area contributed by atoms with Gasteiger partial charge in [-0.05, 0) is 24.1 Å². The van der Waals surface area contributed by atoms with Gasteiger partial charge in [-0.1, -0.05) is 60.7 Å². The van der Waals surface area contributed by atoms with Crippen molar-refractivity contribution in [1.82, 2.24) is 4.90 Å². The molecule has 0 spiro atoms. The van der Waals surface area contributed by atoms with E-state index in [-0.39, 0.29) is 5.91 Å². The Morgan fingerprint density at radius 2 is 1.60 bits per heavy atom. The first-order chi connectivity index (χ1) is 9.79. The maximum atomic E-state index is 12.2. The molecule has 0 unspecified atom stereocenters. The molecule has 2 rings (SSSR count). The van der Waals surface area contributed by atoms with Crippen LogP contribution in [-0.4, -0.2) is 17.4 Å². The summed E-state index contributed by atoms with van der Waals surface area (Å²) in [7, 11) is 0. The lowest BCUT2D eigenvalue weighted by atomic mass is 10.2. The van der Waals surface area contributed by atoms with Gasteiger partial charge in [-0.3, -0.25) is 4.79 Å². The van der Waals surface area contributed by atoms with Gasteiger partial charge in [0.1, 0.15) is 0 Å². The first-order valence-electron chi connectivity index (χ1n) is 6.85. The van der Waals surface area contributed by atoms with Gasteiger partial charge in [0.15, 0.2) is 0 Å². The third-order valence-corrected chi connectivity index (χ3v) is 3.13.